The van der Waals surface area contributed by atoms with Crippen LogP contribution in [0.1, 0.15) is 11.1 Å². The van der Waals surface area contributed by atoms with Gasteiger partial charge in [-0.3, -0.25) is 0 Å². The highest BCUT2D eigenvalue weighted by Gasteiger charge is 2.19. The van der Waals surface area contributed by atoms with Gasteiger partial charge >= 0.3 is 0 Å². The average molecular weight is 700 g/mol. The number of benzene rings is 8. The Bertz CT molecular complexity index is 3350. The number of hydrogen-bond donors (Lipinski definition) is 0. The van der Waals surface area contributed by atoms with E-state index in [0.717, 1.165) is 61.0 Å². The van der Waals surface area contributed by atoms with E-state index in [4.69, 9.17) is 0 Å². The van der Waals surface area contributed by atoms with E-state index in [0.29, 0.717) is 11.1 Å². The van der Waals surface area contributed by atoms with Crippen molar-refractivity contribution in [2.24, 2.45) is 0 Å². The van der Waals surface area contributed by atoms with Crippen molar-refractivity contribution in [2.45, 2.75) is 0 Å². The fraction of sp³-hybridized carbons (Fsp3) is 0. The van der Waals surface area contributed by atoms with Crippen LogP contribution in [0, 0.1) is 22.7 Å². The van der Waals surface area contributed by atoms with Crippen LogP contribution in [0.2, 0.25) is 0 Å². The summed E-state index contributed by atoms with van der Waals surface area (Å²) >= 11 is 0. The molecule has 0 aliphatic rings. The molecule has 3 heterocycles. The first kappa shape index (κ1) is 30.7. The maximum absolute atomic E-state index is 10.7. The molecule has 0 atom stereocenters. The summed E-state index contributed by atoms with van der Waals surface area (Å²) in [7, 11) is 0. The predicted octanol–water partition coefficient (Wildman–Crippen LogP) is 12.4. The lowest BCUT2D eigenvalue weighted by atomic mass is 10.0. The third-order valence-corrected chi connectivity index (χ3v) is 11.1. The van der Waals surface area contributed by atoms with Gasteiger partial charge in [-0.2, -0.15) is 10.5 Å². The first-order valence-corrected chi connectivity index (χ1v) is 18.3. The molecule has 0 saturated carbocycles. The van der Waals surface area contributed by atoms with Crippen LogP contribution in [-0.4, -0.2) is 13.7 Å². The summed E-state index contributed by atoms with van der Waals surface area (Å²) in [5.74, 6) is 0. The molecule has 0 aliphatic heterocycles. The number of rotatable bonds is 4. The standard InChI is InChI=1S/C50H29N5/c51-30-32-17-25-49-43(27-32)42-24-23-37(54-47-15-7-3-11-40(47)41-12-4-8-16-48(41)54)29-50(42)55(49)44-26-20-34(28-35(44)31-52)33-18-21-36(22-19-33)53-45-13-5-1-9-38(45)39-10-2-6-14-46(39)53/h1-29H. The Morgan fingerprint density at radius 1 is 0.327 bits per heavy atom. The molecule has 0 fully saturated rings. The lowest BCUT2D eigenvalue weighted by molar-refractivity contribution is 1.15. The molecule has 0 N–H and O–H groups in total. The van der Waals surface area contributed by atoms with Crippen LogP contribution in [-0.2, 0) is 0 Å². The van der Waals surface area contributed by atoms with Crippen molar-refractivity contribution >= 4 is 65.4 Å². The summed E-state index contributed by atoms with van der Waals surface area (Å²) in [6, 6.07) is 65.9. The highest BCUT2D eigenvalue weighted by atomic mass is 15.0. The monoisotopic (exact) mass is 699 g/mol. The van der Waals surface area contributed by atoms with Gasteiger partial charge in [0.15, 0.2) is 0 Å². The van der Waals surface area contributed by atoms with Crippen molar-refractivity contribution in [1.29, 1.82) is 10.5 Å². The van der Waals surface area contributed by atoms with Crippen molar-refractivity contribution in [3.05, 3.63) is 187 Å². The van der Waals surface area contributed by atoms with Crippen molar-refractivity contribution in [3.63, 3.8) is 0 Å². The largest absolute Gasteiger partial charge is 0.309 e. The van der Waals surface area contributed by atoms with Gasteiger partial charge in [-0.15, -0.1) is 0 Å². The SMILES string of the molecule is N#Cc1ccc2c(c1)c1ccc(-n3c4ccccc4c4ccccc43)cc1n2-c1ccc(-c2ccc(-n3c4ccccc4c4ccccc43)cc2)cc1C#N. The van der Waals surface area contributed by atoms with Crippen LogP contribution in [0.15, 0.2) is 176 Å². The van der Waals surface area contributed by atoms with Gasteiger partial charge in [-0.05, 0) is 90.0 Å². The third-order valence-electron chi connectivity index (χ3n) is 11.1. The molecule has 0 bridgehead atoms. The van der Waals surface area contributed by atoms with Crippen molar-refractivity contribution in [3.8, 4) is 40.3 Å². The van der Waals surface area contributed by atoms with Gasteiger partial charge in [0.05, 0.1) is 56.0 Å². The maximum atomic E-state index is 10.7. The first-order chi connectivity index (χ1) is 27.2. The van der Waals surface area contributed by atoms with Gasteiger partial charge < -0.3 is 13.7 Å². The zero-order valence-electron chi connectivity index (χ0n) is 29.5. The van der Waals surface area contributed by atoms with Gasteiger partial charge in [0, 0.05) is 43.7 Å². The molecule has 0 saturated heterocycles. The quantitative estimate of drug-likeness (QED) is 0.184. The van der Waals surface area contributed by atoms with E-state index in [1.807, 2.05) is 24.3 Å². The minimum absolute atomic E-state index is 0.564. The number of hydrogen-bond acceptors (Lipinski definition) is 2. The normalized spacial score (nSPS) is 11.6. The molecule has 8 aromatic carbocycles. The summed E-state index contributed by atoms with van der Waals surface area (Å²) in [5, 5.41) is 27.4. The molecule has 55 heavy (non-hydrogen) atoms. The fourth-order valence-corrected chi connectivity index (χ4v) is 8.68. The van der Waals surface area contributed by atoms with Crippen LogP contribution >= 0.6 is 0 Å². The predicted molar refractivity (Wildman–Crippen MR) is 224 cm³/mol. The zero-order valence-corrected chi connectivity index (χ0v) is 29.5. The minimum Gasteiger partial charge on any atom is -0.309 e. The molecule has 0 amide bonds. The maximum Gasteiger partial charge on any atom is 0.101 e. The minimum atomic E-state index is 0.564. The summed E-state index contributed by atoms with van der Waals surface area (Å²) in [4.78, 5) is 0. The zero-order chi connectivity index (χ0) is 36.6. The summed E-state index contributed by atoms with van der Waals surface area (Å²) in [6.07, 6.45) is 0. The molecule has 5 nitrogen and oxygen atoms in total. The number of fused-ring (bicyclic) bond motifs is 9. The van der Waals surface area contributed by atoms with E-state index in [1.165, 1.54) is 32.6 Å². The molecular weight excluding hydrogens is 671 g/mol. The fourth-order valence-electron chi connectivity index (χ4n) is 8.68. The molecule has 3 aromatic heterocycles. The van der Waals surface area contributed by atoms with Gasteiger partial charge in [0.25, 0.3) is 0 Å². The van der Waals surface area contributed by atoms with E-state index in [2.05, 4.69) is 177 Å². The summed E-state index contributed by atoms with van der Waals surface area (Å²) < 4.78 is 6.80. The Morgan fingerprint density at radius 2 is 0.818 bits per heavy atom. The van der Waals surface area contributed by atoms with Crippen LogP contribution < -0.4 is 0 Å². The number of nitriles is 2. The van der Waals surface area contributed by atoms with E-state index in [1.54, 1.807) is 0 Å². The molecule has 0 unspecified atom stereocenters. The Balaban J connectivity index is 1.07. The van der Waals surface area contributed by atoms with Crippen molar-refractivity contribution in [2.75, 3.05) is 0 Å². The molecule has 0 aliphatic carbocycles. The van der Waals surface area contributed by atoms with E-state index < -0.39 is 0 Å². The number of aromatic nitrogens is 3. The Kier molecular flexibility index (Phi) is 6.61. The third kappa shape index (κ3) is 4.51. The van der Waals surface area contributed by atoms with Gasteiger partial charge in [0.1, 0.15) is 6.07 Å². The smallest absolute Gasteiger partial charge is 0.101 e. The number of para-hydroxylation sites is 4. The summed E-state index contributed by atoms with van der Waals surface area (Å²) in [6.45, 7) is 0. The topological polar surface area (TPSA) is 62.4 Å². The lowest BCUT2D eigenvalue weighted by Gasteiger charge is -2.14. The second kappa shape index (κ2) is 11.8. The van der Waals surface area contributed by atoms with E-state index in [-0.39, 0.29) is 0 Å². The Hall–Kier alpha value is -7.86. The Labute approximate surface area is 316 Å². The highest BCUT2D eigenvalue weighted by molar-refractivity contribution is 6.13. The molecular formula is C50H29N5. The summed E-state index contributed by atoms with van der Waals surface area (Å²) in [5.41, 5.74) is 12.5. The van der Waals surface area contributed by atoms with Gasteiger partial charge in [-0.1, -0.05) is 97.1 Å². The molecule has 0 spiro atoms. The second-order valence-electron chi connectivity index (χ2n) is 14.0. The van der Waals surface area contributed by atoms with Crippen LogP contribution in [0.5, 0.6) is 0 Å². The highest BCUT2D eigenvalue weighted by Crippen LogP contribution is 2.39. The number of nitrogens with zero attached hydrogens (tertiary/aromatic N) is 5. The molecule has 254 valence electrons. The van der Waals surface area contributed by atoms with E-state index >= 15 is 0 Å². The van der Waals surface area contributed by atoms with Crippen LogP contribution in [0.3, 0.4) is 0 Å². The van der Waals surface area contributed by atoms with E-state index in [9.17, 15) is 10.5 Å². The lowest BCUT2D eigenvalue weighted by Crippen LogP contribution is -2.00. The van der Waals surface area contributed by atoms with Crippen molar-refractivity contribution < 1.29 is 0 Å². The van der Waals surface area contributed by atoms with Gasteiger partial charge in [0.2, 0.25) is 0 Å². The first-order valence-electron chi connectivity index (χ1n) is 18.3. The molecule has 11 aromatic rings. The van der Waals surface area contributed by atoms with Gasteiger partial charge in [-0.25, -0.2) is 0 Å². The van der Waals surface area contributed by atoms with Crippen LogP contribution in [0.4, 0.5) is 0 Å². The Morgan fingerprint density at radius 3 is 1.38 bits per heavy atom. The molecule has 11 rings (SSSR count). The molecule has 5 heteroatoms. The second-order valence-corrected chi connectivity index (χ2v) is 14.0. The van der Waals surface area contributed by atoms with Crippen LogP contribution in [0.25, 0.3) is 93.6 Å². The molecule has 0 radical (unpaired) electrons. The van der Waals surface area contributed by atoms with Crippen molar-refractivity contribution in [1.82, 2.24) is 13.7 Å². The average Bonchev–Trinajstić information content (AvgIpc) is 3.88.